The van der Waals surface area contributed by atoms with E-state index in [1.807, 2.05) is 13.1 Å². The second kappa shape index (κ2) is 5.74. The smallest absolute Gasteiger partial charge is 0.134 e. The largest absolute Gasteiger partial charge is 0.459 e. The average molecular weight is 279 g/mol. The van der Waals surface area contributed by atoms with Gasteiger partial charge in [0.05, 0.1) is 6.04 Å². The van der Waals surface area contributed by atoms with Crippen molar-refractivity contribution >= 4 is 11.0 Å². The van der Waals surface area contributed by atoms with Crippen molar-refractivity contribution in [2.24, 2.45) is 0 Å². The first-order valence-electron chi connectivity index (χ1n) is 7.47. The van der Waals surface area contributed by atoms with E-state index in [2.05, 4.69) is 61.6 Å². The van der Waals surface area contributed by atoms with Crippen molar-refractivity contribution in [3.63, 3.8) is 0 Å². The standard InChI is InChI=1S/C19H21NO/c1-4-14-6-5-7-15(11-14)19(20-3)18-12-16-10-13(2)8-9-17(16)21-18/h5-12,19-20H,4H2,1-3H3. The third-order valence-corrected chi connectivity index (χ3v) is 3.96. The van der Waals surface area contributed by atoms with E-state index in [1.165, 1.54) is 16.7 Å². The molecule has 0 amide bonds. The van der Waals surface area contributed by atoms with E-state index in [-0.39, 0.29) is 6.04 Å². The average Bonchev–Trinajstić information content (AvgIpc) is 2.91. The van der Waals surface area contributed by atoms with Crippen molar-refractivity contribution in [1.29, 1.82) is 0 Å². The van der Waals surface area contributed by atoms with E-state index >= 15 is 0 Å². The molecule has 0 aliphatic rings. The highest BCUT2D eigenvalue weighted by Crippen LogP contribution is 2.29. The highest BCUT2D eigenvalue weighted by Gasteiger charge is 2.17. The summed E-state index contributed by atoms with van der Waals surface area (Å²) in [5.41, 5.74) is 4.79. The van der Waals surface area contributed by atoms with Gasteiger partial charge in [-0.15, -0.1) is 0 Å². The summed E-state index contributed by atoms with van der Waals surface area (Å²) in [4.78, 5) is 0. The Morgan fingerprint density at radius 2 is 1.95 bits per heavy atom. The molecule has 0 saturated carbocycles. The molecule has 2 heteroatoms. The maximum atomic E-state index is 6.04. The number of fused-ring (bicyclic) bond motifs is 1. The lowest BCUT2D eigenvalue weighted by Gasteiger charge is -2.14. The molecule has 2 aromatic carbocycles. The van der Waals surface area contributed by atoms with E-state index in [0.717, 1.165) is 23.2 Å². The lowest BCUT2D eigenvalue weighted by molar-refractivity contribution is 0.491. The maximum Gasteiger partial charge on any atom is 0.134 e. The molecule has 1 heterocycles. The fraction of sp³-hybridized carbons (Fsp3) is 0.263. The van der Waals surface area contributed by atoms with Gasteiger partial charge in [0.15, 0.2) is 0 Å². The fourth-order valence-corrected chi connectivity index (χ4v) is 2.79. The van der Waals surface area contributed by atoms with Crippen LogP contribution in [-0.4, -0.2) is 7.05 Å². The van der Waals surface area contributed by atoms with Crippen LogP contribution in [-0.2, 0) is 6.42 Å². The Bertz CT molecular complexity index is 757. The Morgan fingerprint density at radius 1 is 1.10 bits per heavy atom. The van der Waals surface area contributed by atoms with E-state index in [4.69, 9.17) is 4.42 Å². The van der Waals surface area contributed by atoms with Gasteiger partial charge in [-0.3, -0.25) is 0 Å². The van der Waals surface area contributed by atoms with E-state index < -0.39 is 0 Å². The second-order valence-electron chi connectivity index (χ2n) is 5.51. The zero-order chi connectivity index (χ0) is 14.8. The van der Waals surface area contributed by atoms with Crippen molar-refractivity contribution < 1.29 is 4.42 Å². The third-order valence-electron chi connectivity index (χ3n) is 3.96. The SMILES string of the molecule is CCc1cccc(C(NC)c2cc3cc(C)ccc3o2)c1. The minimum atomic E-state index is 0.0872. The van der Waals surface area contributed by atoms with Gasteiger partial charge in [0.2, 0.25) is 0 Å². The fourth-order valence-electron chi connectivity index (χ4n) is 2.79. The molecule has 108 valence electrons. The molecule has 1 N–H and O–H groups in total. The number of hydrogen-bond donors (Lipinski definition) is 1. The van der Waals surface area contributed by atoms with Crippen LogP contribution in [0.3, 0.4) is 0 Å². The Morgan fingerprint density at radius 3 is 2.71 bits per heavy atom. The Kier molecular flexibility index (Phi) is 3.80. The molecule has 0 spiro atoms. The molecule has 1 aromatic heterocycles. The summed E-state index contributed by atoms with van der Waals surface area (Å²) in [6.07, 6.45) is 1.05. The lowest BCUT2D eigenvalue weighted by Crippen LogP contribution is -2.17. The lowest BCUT2D eigenvalue weighted by atomic mass is 10.0. The van der Waals surface area contributed by atoms with Crippen LogP contribution < -0.4 is 5.32 Å². The number of rotatable bonds is 4. The quantitative estimate of drug-likeness (QED) is 0.754. The highest BCUT2D eigenvalue weighted by atomic mass is 16.3. The molecule has 2 nitrogen and oxygen atoms in total. The van der Waals surface area contributed by atoms with Crippen LogP contribution in [0.2, 0.25) is 0 Å². The molecule has 0 fully saturated rings. The first kappa shape index (κ1) is 13.9. The summed E-state index contributed by atoms with van der Waals surface area (Å²) < 4.78 is 6.04. The van der Waals surface area contributed by atoms with Crippen LogP contribution in [0.15, 0.2) is 52.9 Å². The summed E-state index contributed by atoms with van der Waals surface area (Å²) in [7, 11) is 1.97. The van der Waals surface area contributed by atoms with Crippen molar-refractivity contribution in [2.45, 2.75) is 26.3 Å². The van der Waals surface area contributed by atoms with Gasteiger partial charge < -0.3 is 9.73 Å². The normalized spacial score (nSPS) is 12.7. The topological polar surface area (TPSA) is 25.2 Å². The second-order valence-corrected chi connectivity index (χ2v) is 5.51. The molecule has 1 unspecified atom stereocenters. The molecular formula is C19H21NO. The number of hydrogen-bond acceptors (Lipinski definition) is 2. The van der Waals surface area contributed by atoms with E-state index in [9.17, 15) is 0 Å². The zero-order valence-electron chi connectivity index (χ0n) is 12.8. The molecule has 0 radical (unpaired) electrons. The van der Waals surface area contributed by atoms with Crippen molar-refractivity contribution in [3.05, 3.63) is 71.0 Å². The Balaban J connectivity index is 2.04. The number of furan rings is 1. The van der Waals surface area contributed by atoms with E-state index in [0.29, 0.717) is 0 Å². The van der Waals surface area contributed by atoms with Gasteiger partial charge in [0, 0.05) is 5.39 Å². The van der Waals surface area contributed by atoms with Gasteiger partial charge >= 0.3 is 0 Å². The number of aryl methyl sites for hydroxylation is 2. The van der Waals surface area contributed by atoms with Crippen molar-refractivity contribution in [2.75, 3.05) is 7.05 Å². The molecule has 3 rings (SSSR count). The summed E-state index contributed by atoms with van der Waals surface area (Å²) in [5, 5.41) is 4.53. The zero-order valence-corrected chi connectivity index (χ0v) is 12.8. The first-order valence-corrected chi connectivity index (χ1v) is 7.47. The van der Waals surface area contributed by atoms with Crippen LogP contribution in [0.25, 0.3) is 11.0 Å². The van der Waals surface area contributed by atoms with Gasteiger partial charge in [-0.25, -0.2) is 0 Å². The van der Waals surface area contributed by atoms with Crippen LogP contribution in [0.1, 0.15) is 35.4 Å². The van der Waals surface area contributed by atoms with Gasteiger partial charge in [-0.1, -0.05) is 42.8 Å². The number of nitrogens with one attached hydrogen (secondary N) is 1. The molecule has 0 aliphatic carbocycles. The van der Waals surface area contributed by atoms with Gasteiger partial charge in [-0.05, 0) is 49.7 Å². The third kappa shape index (κ3) is 2.72. The highest BCUT2D eigenvalue weighted by molar-refractivity contribution is 5.79. The van der Waals surface area contributed by atoms with Crippen molar-refractivity contribution in [1.82, 2.24) is 5.32 Å². The summed E-state index contributed by atoms with van der Waals surface area (Å²) in [5.74, 6) is 0.964. The maximum absolute atomic E-state index is 6.04. The Labute approximate surface area is 125 Å². The first-order chi connectivity index (χ1) is 10.2. The molecular weight excluding hydrogens is 258 g/mol. The van der Waals surface area contributed by atoms with Crippen LogP contribution >= 0.6 is 0 Å². The summed E-state index contributed by atoms with van der Waals surface area (Å²) in [6, 6.07) is 17.2. The van der Waals surface area contributed by atoms with Gasteiger partial charge in [0.1, 0.15) is 11.3 Å². The van der Waals surface area contributed by atoms with Crippen molar-refractivity contribution in [3.8, 4) is 0 Å². The summed E-state index contributed by atoms with van der Waals surface area (Å²) in [6.45, 7) is 4.28. The van der Waals surface area contributed by atoms with Crippen LogP contribution in [0.4, 0.5) is 0 Å². The van der Waals surface area contributed by atoms with E-state index in [1.54, 1.807) is 0 Å². The van der Waals surface area contributed by atoms with Gasteiger partial charge in [0.25, 0.3) is 0 Å². The van der Waals surface area contributed by atoms with Gasteiger partial charge in [-0.2, -0.15) is 0 Å². The van der Waals surface area contributed by atoms with Crippen LogP contribution in [0, 0.1) is 6.92 Å². The summed E-state index contributed by atoms with van der Waals surface area (Å²) >= 11 is 0. The predicted molar refractivity (Wildman–Crippen MR) is 87.7 cm³/mol. The Hall–Kier alpha value is -2.06. The minimum Gasteiger partial charge on any atom is -0.459 e. The molecule has 0 aliphatic heterocycles. The molecule has 0 bridgehead atoms. The number of benzene rings is 2. The monoisotopic (exact) mass is 279 g/mol. The molecule has 1 atom stereocenters. The molecule has 21 heavy (non-hydrogen) atoms. The minimum absolute atomic E-state index is 0.0872. The van der Waals surface area contributed by atoms with Crippen LogP contribution in [0.5, 0.6) is 0 Å². The molecule has 3 aromatic rings. The predicted octanol–water partition coefficient (Wildman–Crippen LogP) is 4.61. The molecule has 0 saturated heterocycles.